The van der Waals surface area contributed by atoms with Gasteiger partial charge in [-0.25, -0.2) is 4.98 Å². The zero-order chi connectivity index (χ0) is 25.8. The van der Waals surface area contributed by atoms with Crippen LogP contribution >= 0.6 is 23.2 Å². The first-order chi connectivity index (χ1) is 17.4. The Morgan fingerprint density at radius 3 is 2.36 bits per heavy atom. The minimum absolute atomic E-state index is 0.549. The van der Waals surface area contributed by atoms with Gasteiger partial charge in [0.1, 0.15) is 6.61 Å². The van der Waals surface area contributed by atoms with E-state index in [0.29, 0.717) is 29.1 Å². The molecule has 0 aliphatic carbocycles. The van der Waals surface area contributed by atoms with Crippen molar-refractivity contribution in [1.29, 1.82) is 0 Å². The SMILES string of the molecule is C=C(Nc1ccc(Cl)c(Cl)c1)N1CCN(C)CC1.COCCOc1ccc(CN2CCCCC2)cn1. The molecule has 0 atom stereocenters. The molecular weight excluding hydrogens is 497 g/mol. The molecule has 1 N–H and O–H groups in total. The second-order valence-corrected chi connectivity index (χ2v) is 9.99. The Bertz CT molecular complexity index is 930. The van der Waals surface area contributed by atoms with E-state index in [2.05, 4.69) is 44.7 Å². The van der Waals surface area contributed by atoms with E-state index in [-0.39, 0.29) is 0 Å². The Morgan fingerprint density at radius 2 is 1.72 bits per heavy atom. The molecule has 2 saturated heterocycles. The van der Waals surface area contributed by atoms with Gasteiger partial charge >= 0.3 is 0 Å². The second kappa shape index (κ2) is 15.3. The van der Waals surface area contributed by atoms with E-state index < -0.39 is 0 Å². The lowest BCUT2D eigenvalue weighted by atomic mass is 10.1. The molecule has 0 bridgehead atoms. The summed E-state index contributed by atoms with van der Waals surface area (Å²) < 4.78 is 10.4. The van der Waals surface area contributed by atoms with Crippen LogP contribution in [-0.2, 0) is 11.3 Å². The minimum Gasteiger partial charge on any atom is -0.475 e. The van der Waals surface area contributed by atoms with Crippen molar-refractivity contribution in [3.05, 3.63) is 64.5 Å². The number of methoxy groups -OCH3 is 1. The largest absolute Gasteiger partial charge is 0.475 e. The lowest BCUT2D eigenvalue weighted by Gasteiger charge is -2.35. The van der Waals surface area contributed by atoms with Gasteiger partial charge in [-0.2, -0.15) is 0 Å². The van der Waals surface area contributed by atoms with Crippen LogP contribution in [-0.4, -0.2) is 86.3 Å². The molecule has 198 valence electrons. The molecule has 36 heavy (non-hydrogen) atoms. The molecule has 0 radical (unpaired) electrons. The number of nitrogens with one attached hydrogen (secondary N) is 1. The summed E-state index contributed by atoms with van der Waals surface area (Å²) in [5, 5.41) is 4.38. The van der Waals surface area contributed by atoms with Crippen LogP contribution in [0, 0.1) is 0 Å². The number of hydrogen-bond donors (Lipinski definition) is 1. The molecule has 2 aliphatic rings. The van der Waals surface area contributed by atoms with Crippen molar-refractivity contribution in [3.63, 3.8) is 0 Å². The van der Waals surface area contributed by atoms with Crippen molar-refractivity contribution in [1.82, 2.24) is 19.7 Å². The fourth-order valence-corrected chi connectivity index (χ4v) is 4.39. The molecule has 0 saturated carbocycles. The topological polar surface area (TPSA) is 53.1 Å². The average molecular weight is 537 g/mol. The first-order valence-electron chi connectivity index (χ1n) is 12.6. The summed E-state index contributed by atoms with van der Waals surface area (Å²) in [6.45, 7) is 12.7. The molecule has 0 spiro atoms. The van der Waals surface area contributed by atoms with Crippen LogP contribution < -0.4 is 10.1 Å². The first-order valence-corrected chi connectivity index (χ1v) is 13.3. The highest BCUT2D eigenvalue weighted by atomic mass is 35.5. The van der Waals surface area contributed by atoms with Gasteiger partial charge in [0, 0.05) is 57.8 Å². The van der Waals surface area contributed by atoms with E-state index >= 15 is 0 Å². The maximum Gasteiger partial charge on any atom is 0.213 e. The van der Waals surface area contributed by atoms with Crippen LogP contribution in [0.2, 0.25) is 10.0 Å². The van der Waals surface area contributed by atoms with E-state index in [9.17, 15) is 0 Å². The number of halogens is 2. The van der Waals surface area contributed by atoms with Gasteiger partial charge in [-0.15, -0.1) is 0 Å². The third kappa shape index (κ3) is 9.79. The van der Waals surface area contributed by atoms with E-state index in [1.807, 2.05) is 24.4 Å². The van der Waals surface area contributed by atoms with Crippen LogP contribution in [0.1, 0.15) is 24.8 Å². The summed E-state index contributed by atoms with van der Waals surface area (Å²) in [7, 11) is 3.80. The number of ether oxygens (including phenoxy) is 2. The highest BCUT2D eigenvalue weighted by Crippen LogP contribution is 2.26. The molecule has 1 aromatic carbocycles. The Balaban J connectivity index is 0.000000201. The summed E-state index contributed by atoms with van der Waals surface area (Å²) in [4.78, 5) is 11.4. The maximum atomic E-state index is 5.98. The van der Waals surface area contributed by atoms with Gasteiger partial charge in [-0.1, -0.05) is 42.3 Å². The molecule has 2 aliphatic heterocycles. The van der Waals surface area contributed by atoms with Crippen LogP contribution in [0.4, 0.5) is 5.69 Å². The Kier molecular flexibility index (Phi) is 12.1. The Hall–Kier alpha value is -2.03. The number of likely N-dealkylation sites (tertiary alicyclic amines) is 1. The fourth-order valence-electron chi connectivity index (χ4n) is 4.09. The Morgan fingerprint density at radius 1 is 0.972 bits per heavy atom. The number of rotatable bonds is 9. The van der Waals surface area contributed by atoms with Crippen LogP contribution in [0.3, 0.4) is 0 Å². The van der Waals surface area contributed by atoms with Crippen molar-refractivity contribution >= 4 is 28.9 Å². The monoisotopic (exact) mass is 535 g/mol. The number of piperidine rings is 1. The summed E-state index contributed by atoms with van der Waals surface area (Å²) in [5.41, 5.74) is 2.17. The van der Waals surface area contributed by atoms with Crippen LogP contribution in [0.5, 0.6) is 5.88 Å². The second-order valence-electron chi connectivity index (χ2n) is 9.17. The normalized spacial score (nSPS) is 16.7. The van der Waals surface area contributed by atoms with Crippen LogP contribution in [0.15, 0.2) is 48.9 Å². The number of piperazine rings is 1. The molecular formula is C27H39Cl2N5O2. The summed E-state index contributed by atoms with van der Waals surface area (Å²) in [6, 6.07) is 9.53. The molecule has 2 fully saturated rings. The van der Waals surface area contributed by atoms with Gasteiger partial charge < -0.3 is 24.6 Å². The lowest BCUT2D eigenvalue weighted by molar-refractivity contribution is 0.143. The third-order valence-corrected chi connectivity index (χ3v) is 7.02. The third-order valence-electron chi connectivity index (χ3n) is 6.28. The van der Waals surface area contributed by atoms with Gasteiger partial charge in [0.15, 0.2) is 0 Å². The molecule has 9 heteroatoms. The molecule has 3 heterocycles. The smallest absolute Gasteiger partial charge is 0.213 e. The van der Waals surface area contributed by atoms with Gasteiger partial charge in [-0.3, -0.25) is 4.90 Å². The van der Waals surface area contributed by atoms with Crippen molar-refractivity contribution in [2.24, 2.45) is 0 Å². The molecule has 2 aromatic rings. The lowest BCUT2D eigenvalue weighted by Crippen LogP contribution is -2.44. The van der Waals surface area contributed by atoms with Crippen molar-refractivity contribution in [2.75, 3.05) is 72.0 Å². The number of benzene rings is 1. The molecule has 1 aromatic heterocycles. The zero-order valence-electron chi connectivity index (χ0n) is 21.5. The van der Waals surface area contributed by atoms with E-state index in [0.717, 1.165) is 44.2 Å². The predicted molar refractivity (Wildman–Crippen MR) is 149 cm³/mol. The van der Waals surface area contributed by atoms with Gasteiger partial charge in [0.2, 0.25) is 5.88 Å². The maximum absolute atomic E-state index is 5.98. The number of aromatic nitrogens is 1. The highest BCUT2D eigenvalue weighted by molar-refractivity contribution is 6.42. The zero-order valence-corrected chi connectivity index (χ0v) is 23.0. The molecule has 7 nitrogen and oxygen atoms in total. The van der Waals surface area contributed by atoms with Crippen LogP contribution in [0.25, 0.3) is 0 Å². The number of hydrogen-bond acceptors (Lipinski definition) is 7. The van der Waals surface area contributed by atoms with Gasteiger partial charge in [0.25, 0.3) is 0 Å². The summed E-state index contributed by atoms with van der Waals surface area (Å²) in [6.07, 6.45) is 5.94. The first kappa shape index (κ1) is 28.5. The van der Waals surface area contributed by atoms with Crippen molar-refractivity contribution < 1.29 is 9.47 Å². The standard InChI is InChI=1S/C14H22N2O2.C13H17Cl2N3/c1-17-9-10-18-14-6-5-13(11-15-14)12-16-7-3-2-4-8-16;1-10(18-7-5-17(2)6-8-18)16-11-3-4-12(14)13(15)9-11/h5-6,11H,2-4,7-10,12H2,1H3;3-4,9,16H,1,5-8H2,2H3. The highest BCUT2D eigenvalue weighted by Gasteiger charge is 2.15. The van der Waals surface area contributed by atoms with E-state index in [4.69, 9.17) is 32.7 Å². The Labute approximate surface area is 226 Å². The summed E-state index contributed by atoms with van der Waals surface area (Å²) in [5.74, 6) is 1.58. The van der Waals surface area contributed by atoms with E-state index in [1.54, 1.807) is 13.2 Å². The van der Waals surface area contributed by atoms with Gasteiger partial charge in [0.05, 0.1) is 22.5 Å². The van der Waals surface area contributed by atoms with Gasteiger partial charge in [-0.05, 0) is 56.7 Å². The fraction of sp³-hybridized carbons (Fsp3) is 0.519. The van der Waals surface area contributed by atoms with Crippen molar-refractivity contribution in [3.8, 4) is 5.88 Å². The molecule has 0 unspecified atom stereocenters. The molecule has 4 rings (SSSR count). The number of nitrogens with zero attached hydrogens (tertiary/aromatic N) is 4. The quantitative estimate of drug-likeness (QED) is 0.442. The number of pyridine rings is 1. The van der Waals surface area contributed by atoms with Crippen molar-refractivity contribution in [2.45, 2.75) is 25.8 Å². The average Bonchev–Trinajstić information content (AvgIpc) is 2.89. The van der Waals surface area contributed by atoms with E-state index in [1.165, 1.54) is 37.9 Å². The number of likely N-dealkylation sites (N-methyl/N-ethyl adjacent to an activating group) is 1. The number of anilines is 1. The molecule has 0 amide bonds. The minimum atomic E-state index is 0.549. The predicted octanol–water partition coefficient (Wildman–Crippen LogP) is 5.22. The summed E-state index contributed by atoms with van der Waals surface area (Å²) >= 11 is 11.9.